The number of hydrogen-bond donors (Lipinski definition) is 3. The molecule has 0 bridgehead atoms. The Morgan fingerprint density at radius 3 is 1.70 bits per heavy atom. The zero-order chi connectivity index (χ0) is 37.0. The summed E-state index contributed by atoms with van der Waals surface area (Å²) < 4.78 is 4.61. The Morgan fingerprint density at radius 1 is 0.500 bits per heavy atom. The highest BCUT2D eigenvalue weighted by molar-refractivity contribution is 6.15. The molecule has 2 aliphatic heterocycles. The van der Waals surface area contributed by atoms with E-state index in [1.165, 1.54) is 43.7 Å². The van der Waals surface area contributed by atoms with Crippen molar-refractivity contribution in [2.45, 2.75) is 12.3 Å². The monoisotopic (exact) mass is 723 g/mol. The maximum Gasteiger partial charge on any atom is 0.208 e. The Bertz CT molecular complexity index is 3030. The molecule has 7 heteroatoms. The first kappa shape index (κ1) is 32.2. The fraction of sp³-hybridized carbons (Fsp3) is 0.0612. The average molecular weight is 724 g/mol. The molecular formula is C49H37N7. The zero-order valence-corrected chi connectivity index (χ0v) is 30.5. The number of rotatable bonds is 5. The summed E-state index contributed by atoms with van der Waals surface area (Å²) in [6.07, 6.45) is 1.63. The molecule has 7 nitrogen and oxygen atoms in total. The molecule has 0 amide bonds. The molecule has 0 radical (unpaired) electrons. The summed E-state index contributed by atoms with van der Waals surface area (Å²) in [6, 6.07) is 62.3. The van der Waals surface area contributed by atoms with Gasteiger partial charge in [0.25, 0.3) is 0 Å². The van der Waals surface area contributed by atoms with E-state index in [4.69, 9.17) is 9.98 Å². The lowest BCUT2D eigenvalue weighted by Gasteiger charge is -2.33. The fourth-order valence-corrected chi connectivity index (χ4v) is 8.42. The Labute approximate surface area is 324 Å². The Morgan fingerprint density at radius 2 is 1.05 bits per heavy atom. The average Bonchev–Trinajstić information content (AvgIpc) is 3.79. The van der Waals surface area contributed by atoms with E-state index in [1.54, 1.807) is 0 Å². The van der Waals surface area contributed by atoms with Crippen molar-refractivity contribution in [3.63, 3.8) is 0 Å². The summed E-state index contributed by atoms with van der Waals surface area (Å²) in [5, 5.41) is 15.9. The van der Waals surface area contributed by atoms with Crippen LogP contribution in [-0.4, -0.2) is 33.6 Å². The second-order valence-corrected chi connectivity index (χ2v) is 14.4. The molecule has 2 aliphatic rings. The SMILES string of the molecule is C1=C(C2N=C(c3ccccc3)NC(c3ccccc3)N2)CNC(n2c3ccccc3c3cc(-c4ccc5c(c4)c4ccccc4n5-c4ccccc4)ccc32)=N1. The third-order valence-electron chi connectivity index (χ3n) is 11.1. The molecule has 0 aliphatic carbocycles. The zero-order valence-electron chi connectivity index (χ0n) is 30.5. The quantitative estimate of drug-likeness (QED) is 0.166. The van der Waals surface area contributed by atoms with Crippen molar-refractivity contribution in [3.8, 4) is 16.8 Å². The summed E-state index contributed by atoms with van der Waals surface area (Å²) in [7, 11) is 0. The van der Waals surface area contributed by atoms with Gasteiger partial charge in [-0.3, -0.25) is 9.88 Å². The Balaban J connectivity index is 0.975. The van der Waals surface area contributed by atoms with Crippen LogP contribution in [-0.2, 0) is 0 Å². The Kier molecular flexibility index (Phi) is 7.64. The topological polar surface area (TPSA) is 70.7 Å². The van der Waals surface area contributed by atoms with E-state index in [0.29, 0.717) is 6.54 Å². The minimum absolute atomic E-state index is 0.102. The minimum atomic E-state index is -0.255. The number of amidine groups is 1. The third-order valence-corrected chi connectivity index (χ3v) is 11.1. The molecule has 0 saturated carbocycles. The number of aromatic nitrogens is 2. The predicted molar refractivity (Wildman–Crippen MR) is 230 cm³/mol. The molecule has 4 heterocycles. The van der Waals surface area contributed by atoms with Gasteiger partial charge < -0.3 is 15.2 Å². The highest BCUT2D eigenvalue weighted by Gasteiger charge is 2.28. The van der Waals surface area contributed by atoms with Crippen molar-refractivity contribution in [1.82, 2.24) is 25.1 Å². The van der Waals surface area contributed by atoms with Crippen LogP contribution in [0.25, 0.3) is 60.4 Å². The summed E-state index contributed by atoms with van der Waals surface area (Å²) in [5.41, 5.74) is 11.4. The first-order valence-corrected chi connectivity index (χ1v) is 19.1. The van der Waals surface area contributed by atoms with Gasteiger partial charge >= 0.3 is 0 Å². The molecule has 2 aromatic heterocycles. The van der Waals surface area contributed by atoms with Crippen molar-refractivity contribution in [3.05, 3.63) is 199 Å². The van der Waals surface area contributed by atoms with Crippen molar-refractivity contribution in [1.29, 1.82) is 0 Å². The maximum atomic E-state index is 5.14. The van der Waals surface area contributed by atoms with Crippen LogP contribution in [0.4, 0.5) is 0 Å². The summed E-state index contributed by atoms with van der Waals surface area (Å²) in [5.74, 6) is 1.65. The lowest BCUT2D eigenvalue weighted by Crippen LogP contribution is -2.50. The van der Waals surface area contributed by atoms with Gasteiger partial charge in [0, 0.05) is 51.1 Å². The molecule has 2 atom stereocenters. The second kappa shape index (κ2) is 13.3. The molecule has 3 N–H and O–H groups in total. The van der Waals surface area contributed by atoms with Crippen LogP contribution < -0.4 is 16.0 Å². The van der Waals surface area contributed by atoms with Gasteiger partial charge in [-0.25, -0.2) is 9.98 Å². The van der Waals surface area contributed by atoms with E-state index < -0.39 is 0 Å². The lowest BCUT2D eigenvalue weighted by atomic mass is 10.0. The molecule has 11 rings (SSSR count). The van der Waals surface area contributed by atoms with Gasteiger partial charge in [0.15, 0.2) is 0 Å². The molecule has 56 heavy (non-hydrogen) atoms. The van der Waals surface area contributed by atoms with E-state index in [2.05, 4.69) is 177 Å². The maximum absolute atomic E-state index is 5.14. The largest absolute Gasteiger partial charge is 0.351 e. The second-order valence-electron chi connectivity index (χ2n) is 14.4. The predicted octanol–water partition coefficient (Wildman–Crippen LogP) is 9.91. The molecule has 0 fully saturated rings. The molecule has 9 aromatic rings. The van der Waals surface area contributed by atoms with E-state index in [9.17, 15) is 0 Å². The van der Waals surface area contributed by atoms with Crippen molar-refractivity contribution in [2.24, 2.45) is 9.98 Å². The van der Waals surface area contributed by atoms with E-state index >= 15 is 0 Å². The van der Waals surface area contributed by atoms with Gasteiger partial charge in [0.2, 0.25) is 5.96 Å². The standard InChI is InChI=1S/C49H37N7/c1-4-14-32(15-5-1)46-52-47(33-16-6-2-7-17-33)54-48(53-46)36-30-50-49(51-31-36)56-43-23-13-11-21-39(43)41-29-35(25-27-45(41)56)34-24-26-44-40(28-34)38-20-10-12-22-42(38)55(44)37-18-8-3-9-19-37/h1-30,46,48,53H,31H2,(H,50,51)(H,52,54). The first-order chi connectivity index (χ1) is 27.8. The molecule has 0 spiro atoms. The van der Waals surface area contributed by atoms with Crippen molar-refractivity contribution < 1.29 is 0 Å². The van der Waals surface area contributed by atoms with Crippen LogP contribution in [0.2, 0.25) is 0 Å². The molecule has 7 aromatic carbocycles. The molecule has 0 saturated heterocycles. The van der Waals surface area contributed by atoms with Gasteiger partial charge in [-0.1, -0.05) is 127 Å². The van der Waals surface area contributed by atoms with Crippen LogP contribution in [0.1, 0.15) is 17.3 Å². The van der Waals surface area contributed by atoms with Gasteiger partial charge in [-0.15, -0.1) is 0 Å². The normalized spacial score (nSPS) is 17.0. The van der Waals surface area contributed by atoms with Gasteiger partial charge in [0.05, 0.1) is 22.1 Å². The van der Waals surface area contributed by atoms with Crippen LogP contribution in [0.3, 0.4) is 0 Å². The van der Waals surface area contributed by atoms with Gasteiger partial charge in [0.1, 0.15) is 18.2 Å². The lowest BCUT2D eigenvalue weighted by molar-refractivity contribution is 0.426. The van der Waals surface area contributed by atoms with E-state index in [1.807, 2.05) is 30.5 Å². The van der Waals surface area contributed by atoms with Crippen LogP contribution in [0.15, 0.2) is 198 Å². The highest BCUT2D eigenvalue weighted by atomic mass is 15.3. The number of para-hydroxylation sites is 3. The highest BCUT2D eigenvalue weighted by Crippen LogP contribution is 2.37. The number of benzene rings is 7. The van der Waals surface area contributed by atoms with Crippen molar-refractivity contribution in [2.75, 3.05) is 6.54 Å². The number of hydrogen-bond acceptors (Lipinski definition) is 5. The first-order valence-electron chi connectivity index (χ1n) is 19.1. The fourth-order valence-electron chi connectivity index (χ4n) is 8.42. The number of fused-ring (bicyclic) bond motifs is 6. The van der Waals surface area contributed by atoms with E-state index in [-0.39, 0.29) is 12.3 Å². The summed E-state index contributed by atoms with van der Waals surface area (Å²) in [4.78, 5) is 10.2. The summed E-state index contributed by atoms with van der Waals surface area (Å²) >= 11 is 0. The van der Waals surface area contributed by atoms with Crippen molar-refractivity contribution >= 4 is 55.4 Å². The van der Waals surface area contributed by atoms with Gasteiger partial charge in [-0.2, -0.15) is 0 Å². The molecular weight excluding hydrogens is 687 g/mol. The number of nitrogens with zero attached hydrogens (tertiary/aromatic N) is 4. The minimum Gasteiger partial charge on any atom is -0.351 e. The van der Waals surface area contributed by atoms with Crippen LogP contribution in [0.5, 0.6) is 0 Å². The smallest absolute Gasteiger partial charge is 0.208 e. The number of nitrogens with one attached hydrogen (secondary N) is 3. The third kappa shape index (κ3) is 5.40. The van der Waals surface area contributed by atoms with E-state index in [0.717, 1.165) is 45.2 Å². The molecule has 268 valence electrons. The Hall–Kier alpha value is -7.22. The van der Waals surface area contributed by atoms with Crippen LogP contribution >= 0.6 is 0 Å². The molecule has 2 unspecified atom stereocenters. The number of aliphatic imine (C=N–C) groups is 2. The van der Waals surface area contributed by atoms with Crippen LogP contribution in [0, 0.1) is 0 Å². The summed E-state index contributed by atoms with van der Waals surface area (Å²) in [6.45, 7) is 0.603. The van der Waals surface area contributed by atoms with Gasteiger partial charge in [-0.05, 0) is 65.2 Å².